The van der Waals surface area contributed by atoms with E-state index in [9.17, 15) is 33.9 Å². The molecule has 1 aliphatic rings. The van der Waals surface area contributed by atoms with Crippen molar-refractivity contribution in [1.29, 1.82) is 5.41 Å². The van der Waals surface area contributed by atoms with E-state index in [0.29, 0.717) is 18.0 Å². The van der Waals surface area contributed by atoms with Gasteiger partial charge in [0.15, 0.2) is 5.69 Å². The number of aliphatic hydroxyl groups is 1. The molecule has 0 spiro atoms. The highest BCUT2D eigenvalue weighted by Gasteiger charge is 2.30. The van der Waals surface area contributed by atoms with Gasteiger partial charge in [-0.3, -0.25) is 25.6 Å². The van der Waals surface area contributed by atoms with Crippen molar-refractivity contribution >= 4 is 53.6 Å². The molecule has 1 heterocycles. The number of rotatable bonds is 18. The number of pyridine rings is 1. The van der Waals surface area contributed by atoms with E-state index in [2.05, 4.69) is 32.8 Å². The SMILES string of the molecule is C=Cc1cc(C(=O)Nc2ccc(C(=N)NC(=O)OC(C)OC(C)=O)cc2)c(-c2ccc(C(O)NCC3CC3)nc2C(=O)OCOC(=O)[C@@H](NC(=O)OC(C)(C)C)C(C)C)cc1OC. The van der Waals surface area contributed by atoms with Crippen LogP contribution in [0.4, 0.5) is 15.3 Å². The second-order valence-electron chi connectivity index (χ2n) is 15.7. The molecule has 3 atom stereocenters. The Morgan fingerprint density at radius 1 is 0.952 bits per heavy atom. The number of alkyl carbamates (subject to hydrolysis) is 2. The van der Waals surface area contributed by atoms with Crippen LogP contribution in [0, 0.1) is 17.2 Å². The molecule has 4 rings (SSSR count). The van der Waals surface area contributed by atoms with Crippen LogP contribution >= 0.6 is 0 Å². The first-order valence-corrected chi connectivity index (χ1v) is 19.9. The molecule has 2 aromatic carbocycles. The van der Waals surface area contributed by atoms with E-state index in [4.69, 9.17) is 33.8 Å². The van der Waals surface area contributed by atoms with Crippen molar-refractivity contribution in [3.8, 4) is 16.9 Å². The van der Waals surface area contributed by atoms with Crippen LogP contribution in [0.5, 0.6) is 5.75 Å². The fourth-order valence-corrected chi connectivity index (χ4v) is 5.81. The third kappa shape index (κ3) is 14.6. The molecule has 0 bridgehead atoms. The number of methoxy groups -OCH3 is 1. The molecule has 0 aliphatic heterocycles. The number of hydrogen-bond acceptors (Lipinski definition) is 16. The van der Waals surface area contributed by atoms with Crippen molar-refractivity contribution < 1.29 is 62.3 Å². The zero-order chi connectivity index (χ0) is 46.6. The Balaban J connectivity index is 1.63. The van der Waals surface area contributed by atoms with Crippen molar-refractivity contribution in [2.24, 2.45) is 11.8 Å². The van der Waals surface area contributed by atoms with E-state index < -0.39 is 72.9 Å². The number of anilines is 1. The van der Waals surface area contributed by atoms with Crippen molar-refractivity contribution in [1.82, 2.24) is 20.9 Å². The lowest BCUT2D eigenvalue weighted by Crippen LogP contribution is -2.47. The largest absolute Gasteiger partial charge is 0.496 e. The Morgan fingerprint density at radius 2 is 1.63 bits per heavy atom. The van der Waals surface area contributed by atoms with Crippen molar-refractivity contribution in [2.45, 2.75) is 85.5 Å². The normalized spacial score (nSPS) is 13.6. The van der Waals surface area contributed by atoms with Crippen LogP contribution in [0.2, 0.25) is 0 Å². The van der Waals surface area contributed by atoms with Crippen LogP contribution in [0.15, 0.2) is 55.1 Å². The average molecular weight is 875 g/mol. The smallest absolute Gasteiger partial charge is 0.415 e. The summed E-state index contributed by atoms with van der Waals surface area (Å²) < 4.78 is 31.2. The number of amidine groups is 1. The fourth-order valence-electron chi connectivity index (χ4n) is 5.81. The first-order valence-electron chi connectivity index (χ1n) is 19.9. The zero-order valence-electron chi connectivity index (χ0n) is 36.4. The average Bonchev–Trinajstić information content (AvgIpc) is 4.05. The molecule has 1 aromatic heterocycles. The number of aromatic nitrogens is 1. The van der Waals surface area contributed by atoms with E-state index in [1.54, 1.807) is 34.6 Å². The van der Waals surface area contributed by atoms with Crippen molar-refractivity contribution in [3.05, 3.63) is 83.2 Å². The quantitative estimate of drug-likeness (QED) is 0.0290. The van der Waals surface area contributed by atoms with E-state index in [1.807, 2.05) is 0 Å². The number of carbonyl (C=O) groups excluding carboxylic acids is 6. The Labute approximate surface area is 364 Å². The Hall–Kier alpha value is -6.86. The predicted molar refractivity (Wildman–Crippen MR) is 228 cm³/mol. The summed E-state index contributed by atoms with van der Waals surface area (Å²) in [5, 5.41) is 29.7. The molecular weight excluding hydrogens is 821 g/mol. The number of nitrogens with one attached hydrogen (secondary N) is 5. The zero-order valence-corrected chi connectivity index (χ0v) is 36.4. The van der Waals surface area contributed by atoms with Crippen molar-refractivity contribution in [2.75, 3.05) is 25.8 Å². The summed E-state index contributed by atoms with van der Waals surface area (Å²) in [7, 11) is 1.41. The highest BCUT2D eigenvalue weighted by atomic mass is 16.7. The van der Waals surface area contributed by atoms with E-state index in [1.165, 1.54) is 68.6 Å². The highest BCUT2D eigenvalue weighted by molar-refractivity contribution is 6.11. The van der Waals surface area contributed by atoms with Crippen LogP contribution < -0.4 is 26.0 Å². The molecule has 338 valence electrons. The number of hydrogen-bond donors (Lipinski definition) is 6. The number of amides is 3. The molecule has 3 aromatic rings. The van der Waals surface area contributed by atoms with Gasteiger partial charge in [0, 0.05) is 53.9 Å². The number of ether oxygens (including phenoxy) is 6. The lowest BCUT2D eigenvalue weighted by Gasteiger charge is -2.24. The molecule has 19 nitrogen and oxygen atoms in total. The molecule has 6 N–H and O–H groups in total. The molecule has 3 amide bonds. The van der Waals surface area contributed by atoms with E-state index in [-0.39, 0.29) is 50.9 Å². The van der Waals surface area contributed by atoms with Gasteiger partial charge in [-0.15, -0.1) is 0 Å². The molecule has 0 radical (unpaired) electrons. The number of carbonyl (C=O) groups is 6. The van der Waals surface area contributed by atoms with Gasteiger partial charge in [0.2, 0.25) is 13.1 Å². The van der Waals surface area contributed by atoms with E-state index >= 15 is 0 Å². The summed E-state index contributed by atoms with van der Waals surface area (Å²) in [4.78, 5) is 81.3. The number of nitrogens with zero attached hydrogens (tertiary/aromatic N) is 1. The summed E-state index contributed by atoms with van der Waals surface area (Å²) in [5.74, 6) is -3.36. The molecule has 19 heteroatoms. The van der Waals surface area contributed by atoms with Gasteiger partial charge in [-0.25, -0.2) is 24.2 Å². The Kier molecular flexibility index (Phi) is 16.9. The first-order chi connectivity index (χ1) is 29.7. The molecule has 2 unspecified atom stereocenters. The van der Waals surface area contributed by atoms with Crippen LogP contribution in [0.3, 0.4) is 0 Å². The minimum atomic E-state index is -1.27. The third-order valence-electron chi connectivity index (χ3n) is 9.06. The lowest BCUT2D eigenvalue weighted by molar-refractivity contribution is -0.162. The minimum Gasteiger partial charge on any atom is -0.496 e. The fraction of sp³-hybridized carbons (Fsp3) is 0.409. The summed E-state index contributed by atoms with van der Waals surface area (Å²) in [6.07, 6.45) is -0.823. The Bertz CT molecular complexity index is 2200. The summed E-state index contributed by atoms with van der Waals surface area (Å²) in [5.41, 5.74) is 0.123. The summed E-state index contributed by atoms with van der Waals surface area (Å²) in [6.45, 7) is 14.3. The second-order valence-corrected chi connectivity index (χ2v) is 15.7. The van der Waals surface area contributed by atoms with Crippen LogP contribution in [0.1, 0.15) is 105 Å². The first kappa shape index (κ1) is 48.8. The van der Waals surface area contributed by atoms with Gasteiger partial charge in [0.1, 0.15) is 29.5 Å². The number of benzene rings is 2. The topological polar surface area (TPSA) is 263 Å². The maximum absolute atomic E-state index is 14.1. The lowest BCUT2D eigenvalue weighted by atomic mass is 9.94. The number of aliphatic hydroxyl groups excluding tert-OH is 1. The summed E-state index contributed by atoms with van der Waals surface area (Å²) in [6, 6.07) is 10.7. The van der Waals surface area contributed by atoms with Gasteiger partial charge < -0.3 is 44.2 Å². The molecule has 1 saturated carbocycles. The molecular formula is C44H54N6O13. The van der Waals surface area contributed by atoms with Gasteiger partial charge in [0.25, 0.3) is 5.91 Å². The maximum atomic E-state index is 14.1. The van der Waals surface area contributed by atoms with Crippen LogP contribution in [0.25, 0.3) is 17.2 Å². The highest BCUT2D eigenvalue weighted by Crippen LogP contribution is 2.35. The Morgan fingerprint density at radius 3 is 2.22 bits per heavy atom. The van der Waals surface area contributed by atoms with Crippen LogP contribution in [-0.2, 0) is 33.3 Å². The summed E-state index contributed by atoms with van der Waals surface area (Å²) >= 11 is 0. The van der Waals surface area contributed by atoms with Gasteiger partial charge in [-0.2, -0.15) is 0 Å². The van der Waals surface area contributed by atoms with Gasteiger partial charge in [-0.1, -0.05) is 26.5 Å². The molecule has 63 heavy (non-hydrogen) atoms. The third-order valence-corrected chi connectivity index (χ3v) is 9.06. The van der Waals surface area contributed by atoms with Crippen molar-refractivity contribution in [3.63, 3.8) is 0 Å². The monoisotopic (exact) mass is 874 g/mol. The molecule has 0 saturated heterocycles. The van der Waals surface area contributed by atoms with E-state index in [0.717, 1.165) is 19.8 Å². The maximum Gasteiger partial charge on any atom is 0.415 e. The minimum absolute atomic E-state index is 0.0317. The molecule has 1 fully saturated rings. The van der Waals surface area contributed by atoms with Gasteiger partial charge >= 0.3 is 30.1 Å². The predicted octanol–water partition coefficient (Wildman–Crippen LogP) is 5.81. The molecule has 1 aliphatic carbocycles. The number of esters is 3. The standard InChI is InChI=1S/C44H54N6O13/c1-10-27-19-32(38(52)47-29-15-13-28(14-16-29)37(45)50-42(56)62-25(5)61-24(4)51)31(20-34(27)58-9)30-17-18-33(39(53)46-21-26-11-12-26)48-36(30)41(55)60-22-59-40(54)35(23(2)3)49-43(57)63-44(6,7)8/h10,13-20,23,25-26,35,39,46,53H,1,11-12,21-22H2,2-9H3,(H,47,52)(H,49,57)(H2,45,50,56)/t25?,35-,39?/m0/s1. The van der Waals surface area contributed by atoms with Gasteiger partial charge in [0.05, 0.1) is 12.8 Å². The van der Waals surface area contributed by atoms with Gasteiger partial charge in [-0.05, 0) is 94.0 Å². The van der Waals surface area contributed by atoms with Crippen LogP contribution in [-0.4, -0.2) is 90.3 Å². The second kappa shape index (κ2) is 21.8.